The van der Waals surface area contributed by atoms with Crippen LogP contribution in [0.3, 0.4) is 0 Å². The Balaban J connectivity index is 1.35. The minimum Gasteiger partial charge on any atom is -0.384 e. The fraction of sp³-hybridized carbons (Fsp3) is 0.541. The van der Waals surface area contributed by atoms with Crippen LogP contribution in [0.5, 0.6) is 0 Å². The first-order valence-electron chi connectivity index (χ1n) is 18.2. The van der Waals surface area contributed by atoms with Crippen LogP contribution in [-0.2, 0) is 34.6 Å². The lowest BCUT2D eigenvalue weighted by Gasteiger charge is -2.37. The van der Waals surface area contributed by atoms with Gasteiger partial charge in [-0.25, -0.2) is 13.1 Å². The molecule has 3 fully saturated rings. The molecule has 1 aromatic heterocycles. The second kappa shape index (κ2) is 15.0. The first kappa shape index (κ1) is 38.0. The quantitative estimate of drug-likeness (QED) is 0.208. The van der Waals surface area contributed by atoms with E-state index in [-0.39, 0.29) is 37.5 Å². The van der Waals surface area contributed by atoms with Gasteiger partial charge in [0.15, 0.2) is 9.84 Å². The summed E-state index contributed by atoms with van der Waals surface area (Å²) in [6, 6.07) is 9.89. The predicted molar refractivity (Wildman–Crippen MR) is 194 cm³/mol. The average Bonchev–Trinajstić information content (AvgIpc) is 3.79. The Bertz CT molecular complexity index is 2020. The van der Waals surface area contributed by atoms with E-state index in [0.717, 1.165) is 42.9 Å². The summed E-state index contributed by atoms with van der Waals surface area (Å²) in [5.41, 5.74) is 2.56. The van der Waals surface area contributed by atoms with E-state index in [9.17, 15) is 37.5 Å². The van der Waals surface area contributed by atoms with Crippen molar-refractivity contribution in [3.63, 3.8) is 0 Å². The van der Waals surface area contributed by atoms with E-state index in [1.54, 1.807) is 26.0 Å². The third-order valence-electron chi connectivity index (χ3n) is 10.9. The van der Waals surface area contributed by atoms with Crippen molar-refractivity contribution in [2.45, 2.75) is 101 Å². The van der Waals surface area contributed by atoms with Gasteiger partial charge in [-0.15, -0.1) is 5.10 Å². The number of rotatable bonds is 11. The van der Waals surface area contributed by atoms with Gasteiger partial charge >= 0.3 is 0 Å². The first-order chi connectivity index (χ1) is 25.1. The van der Waals surface area contributed by atoms with Crippen LogP contribution in [0.1, 0.15) is 93.7 Å². The molecule has 2 aliphatic heterocycles. The molecule has 53 heavy (non-hydrogen) atoms. The molecule has 4 amide bonds. The molecule has 0 bridgehead atoms. The molecule has 2 aromatic carbocycles. The van der Waals surface area contributed by atoms with Gasteiger partial charge in [0.05, 0.1) is 29.4 Å². The maximum absolute atomic E-state index is 14.8. The Morgan fingerprint density at radius 1 is 1.04 bits per heavy atom. The lowest BCUT2D eigenvalue weighted by Crippen LogP contribution is -2.66. The number of nitrogens with two attached hydrogens (primary N) is 1. The summed E-state index contributed by atoms with van der Waals surface area (Å²) in [6.07, 6.45) is 6.36. The molecule has 3 aliphatic rings. The number of fused-ring (bicyclic) bond motifs is 1. The number of primary amides is 1. The van der Waals surface area contributed by atoms with Crippen molar-refractivity contribution < 1.29 is 37.5 Å². The van der Waals surface area contributed by atoms with Gasteiger partial charge in [0.1, 0.15) is 23.2 Å². The van der Waals surface area contributed by atoms with Crippen LogP contribution >= 0.6 is 0 Å². The fourth-order valence-corrected chi connectivity index (χ4v) is 10.0. The Hall–Kier alpha value is -4.70. The zero-order valence-corrected chi connectivity index (χ0v) is 30.8. The summed E-state index contributed by atoms with van der Waals surface area (Å²) >= 11 is 0. The molecule has 284 valence electrons. The van der Waals surface area contributed by atoms with Crippen LogP contribution in [-0.4, -0.2) is 98.5 Å². The van der Waals surface area contributed by atoms with Gasteiger partial charge in [0.2, 0.25) is 17.6 Å². The van der Waals surface area contributed by atoms with Crippen molar-refractivity contribution in [2.24, 2.45) is 11.7 Å². The number of hydrogen-bond acceptors (Lipinski definition) is 10. The Morgan fingerprint density at radius 2 is 1.75 bits per heavy atom. The van der Waals surface area contributed by atoms with E-state index in [0.29, 0.717) is 17.7 Å². The molecule has 3 aromatic rings. The summed E-state index contributed by atoms with van der Waals surface area (Å²) in [5, 5.41) is 26.4. The molecule has 1 aliphatic carbocycles. The lowest BCUT2D eigenvalue weighted by molar-refractivity contribution is -0.144. The molecule has 2 saturated heterocycles. The van der Waals surface area contributed by atoms with E-state index in [2.05, 4.69) is 20.9 Å². The third kappa shape index (κ3) is 8.28. The summed E-state index contributed by atoms with van der Waals surface area (Å²) in [5.74, 6) is -5.37. The van der Waals surface area contributed by atoms with E-state index in [1.807, 2.05) is 30.3 Å². The number of sulfone groups is 1. The number of hydrogen-bond donors (Lipinski definition) is 4. The van der Waals surface area contributed by atoms with Gasteiger partial charge in [-0.05, 0) is 61.9 Å². The van der Waals surface area contributed by atoms with E-state index >= 15 is 0 Å². The second-order valence-corrected chi connectivity index (χ2v) is 17.5. The summed E-state index contributed by atoms with van der Waals surface area (Å²) < 4.78 is 27.0. The standard InChI is InChI=1S/C37H47N7O8S/c1-36(2,50)30-20-39-42-44(30)27-19-29(34(48)41-37(31(45)32(38)46)15-8-16-53(51,52)22-37)43(21-27)35(49)28(17-23-9-4-3-5-10-23)40-33(47)26-14-13-24-11-6-7-12-25(24)18-26/h6-7,11-14,18,20,23,27-29,50H,3-5,8-10,15-17,19,21-22H2,1-2H3,(H2,38,46)(H,40,47)(H,41,48)/t27-,28?,29-,37?/m0/s1. The van der Waals surface area contributed by atoms with Crippen molar-refractivity contribution in [3.8, 4) is 0 Å². The van der Waals surface area contributed by atoms with Crippen molar-refractivity contribution >= 4 is 50.0 Å². The van der Waals surface area contributed by atoms with Crippen LogP contribution < -0.4 is 16.4 Å². The maximum atomic E-state index is 14.8. The smallest absolute Gasteiger partial charge is 0.287 e. The number of ketones is 1. The van der Waals surface area contributed by atoms with E-state index in [4.69, 9.17) is 5.73 Å². The van der Waals surface area contributed by atoms with Crippen LogP contribution in [0.15, 0.2) is 48.7 Å². The van der Waals surface area contributed by atoms with Crippen molar-refractivity contribution in [2.75, 3.05) is 18.1 Å². The normalized spacial score (nSPS) is 24.0. The minimum atomic E-state index is -3.84. The molecule has 4 atom stereocenters. The number of carbonyl (C=O) groups excluding carboxylic acids is 5. The number of nitrogens with one attached hydrogen (secondary N) is 2. The van der Waals surface area contributed by atoms with Crippen molar-refractivity contribution in [1.29, 1.82) is 0 Å². The van der Waals surface area contributed by atoms with Crippen LogP contribution in [0.25, 0.3) is 10.8 Å². The monoisotopic (exact) mass is 749 g/mol. The molecule has 3 heterocycles. The molecule has 0 spiro atoms. The van der Waals surface area contributed by atoms with Crippen molar-refractivity contribution in [1.82, 2.24) is 30.5 Å². The van der Waals surface area contributed by atoms with Crippen LogP contribution in [0.4, 0.5) is 0 Å². The highest BCUT2D eigenvalue weighted by atomic mass is 32.2. The van der Waals surface area contributed by atoms with Crippen LogP contribution in [0.2, 0.25) is 0 Å². The minimum absolute atomic E-state index is 0.00966. The van der Waals surface area contributed by atoms with Gasteiger partial charge in [-0.1, -0.05) is 67.6 Å². The number of Topliss-reactive ketones (excluding diaryl/α,β-unsaturated/α-hetero) is 1. The highest BCUT2D eigenvalue weighted by molar-refractivity contribution is 7.91. The number of amides is 4. The largest absolute Gasteiger partial charge is 0.384 e. The Labute approximate surface area is 307 Å². The number of nitrogens with zero attached hydrogens (tertiary/aromatic N) is 4. The molecular formula is C37H47N7O8S. The van der Waals surface area contributed by atoms with Gasteiger partial charge in [-0.2, -0.15) is 0 Å². The molecule has 0 radical (unpaired) electrons. The van der Waals surface area contributed by atoms with E-state index in [1.165, 1.54) is 15.8 Å². The summed E-state index contributed by atoms with van der Waals surface area (Å²) in [6.45, 7) is 3.02. The second-order valence-electron chi connectivity index (χ2n) is 15.3. The van der Waals surface area contributed by atoms with E-state index < -0.39 is 74.3 Å². The van der Waals surface area contributed by atoms with Gasteiger partial charge in [0, 0.05) is 18.5 Å². The highest BCUT2D eigenvalue weighted by Crippen LogP contribution is 2.34. The lowest BCUT2D eigenvalue weighted by atomic mass is 9.84. The SMILES string of the molecule is CC(C)(O)c1cnnn1[C@H]1C[C@@H](C(=O)NC2(C(=O)C(N)=O)CCCS(=O)(=O)C2)N(C(=O)C(CC2CCCCC2)NC(=O)c2ccc3ccccc3c2)C1. The number of carbonyl (C=O) groups is 5. The highest BCUT2D eigenvalue weighted by Gasteiger charge is 2.51. The number of benzene rings is 2. The van der Waals surface area contributed by atoms with Gasteiger partial charge < -0.3 is 26.4 Å². The average molecular weight is 750 g/mol. The number of likely N-dealkylation sites (tertiary alicyclic amines) is 1. The Kier molecular flexibility index (Phi) is 10.7. The van der Waals surface area contributed by atoms with Gasteiger partial charge in [-0.3, -0.25) is 24.0 Å². The first-order valence-corrected chi connectivity index (χ1v) is 20.0. The number of aliphatic hydroxyl groups is 1. The topological polar surface area (TPSA) is 224 Å². The molecule has 15 nitrogen and oxygen atoms in total. The predicted octanol–water partition coefficient (Wildman–Crippen LogP) is 1.69. The third-order valence-corrected chi connectivity index (χ3v) is 12.7. The van der Waals surface area contributed by atoms with Crippen molar-refractivity contribution in [3.05, 3.63) is 59.9 Å². The zero-order chi connectivity index (χ0) is 38.1. The molecule has 16 heteroatoms. The van der Waals surface area contributed by atoms with Crippen LogP contribution in [0, 0.1) is 5.92 Å². The molecule has 2 unspecified atom stereocenters. The molecule has 6 rings (SSSR count). The molecule has 1 saturated carbocycles. The zero-order valence-electron chi connectivity index (χ0n) is 30.0. The summed E-state index contributed by atoms with van der Waals surface area (Å²) in [7, 11) is -3.84. The summed E-state index contributed by atoms with van der Waals surface area (Å²) in [4.78, 5) is 69.7. The fourth-order valence-electron chi connectivity index (χ4n) is 8.19. The maximum Gasteiger partial charge on any atom is 0.287 e. The Morgan fingerprint density at radius 3 is 2.43 bits per heavy atom. The molecule has 5 N–H and O–H groups in total. The molecular weight excluding hydrogens is 703 g/mol. The number of aromatic nitrogens is 3. The van der Waals surface area contributed by atoms with Gasteiger partial charge in [0.25, 0.3) is 11.8 Å².